The Bertz CT molecular complexity index is 475. The van der Waals surface area contributed by atoms with Gasteiger partial charge < -0.3 is 15.5 Å². The molecule has 2 aliphatic rings. The van der Waals surface area contributed by atoms with Crippen LogP contribution >= 0.6 is 0 Å². The molecule has 0 aromatic heterocycles. The average molecular weight is 287 g/mol. The Morgan fingerprint density at radius 3 is 2.52 bits per heavy atom. The maximum Gasteiger partial charge on any atom is 0.0548 e. The van der Waals surface area contributed by atoms with E-state index in [0.29, 0.717) is 0 Å². The highest BCUT2D eigenvalue weighted by molar-refractivity contribution is 5.60. The van der Waals surface area contributed by atoms with E-state index >= 15 is 0 Å². The topological polar surface area (TPSA) is 32.5 Å². The Kier molecular flexibility index (Phi) is 4.23. The maximum absolute atomic E-state index is 6.26. The molecule has 1 aromatic carbocycles. The molecule has 1 aromatic rings. The van der Waals surface area contributed by atoms with Gasteiger partial charge in [-0.15, -0.1) is 0 Å². The lowest BCUT2D eigenvalue weighted by Gasteiger charge is -2.48. The van der Waals surface area contributed by atoms with Crippen LogP contribution in [0.25, 0.3) is 0 Å². The number of piperidine rings is 1. The number of benzene rings is 1. The molecule has 1 fully saturated rings. The number of rotatable bonds is 4. The third kappa shape index (κ3) is 2.82. The Hall–Kier alpha value is -1.06. The first-order valence-corrected chi connectivity index (χ1v) is 8.42. The minimum absolute atomic E-state index is 0.181. The number of nitrogens with zero attached hydrogens (tertiary/aromatic N) is 2. The summed E-state index contributed by atoms with van der Waals surface area (Å²) in [6, 6.07) is 8.87. The van der Waals surface area contributed by atoms with E-state index in [1.807, 2.05) is 0 Å². The van der Waals surface area contributed by atoms with Crippen molar-refractivity contribution in [3.8, 4) is 0 Å². The highest BCUT2D eigenvalue weighted by Gasteiger charge is 2.41. The van der Waals surface area contributed by atoms with E-state index in [4.69, 9.17) is 5.73 Å². The summed E-state index contributed by atoms with van der Waals surface area (Å²) < 4.78 is 0. The van der Waals surface area contributed by atoms with Gasteiger partial charge in [0.2, 0.25) is 0 Å². The van der Waals surface area contributed by atoms with Crippen LogP contribution in [-0.4, -0.2) is 43.2 Å². The Balaban J connectivity index is 1.75. The number of para-hydroxylation sites is 1. The number of fused-ring (bicyclic) bond motifs is 1. The average Bonchev–Trinajstić information content (AvgIpc) is 2.92. The van der Waals surface area contributed by atoms with Crippen LogP contribution in [0, 0.1) is 5.92 Å². The number of anilines is 1. The third-order valence-corrected chi connectivity index (χ3v) is 5.25. The van der Waals surface area contributed by atoms with Crippen LogP contribution in [0.4, 0.5) is 5.69 Å². The molecule has 3 rings (SSSR count). The van der Waals surface area contributed by atoms with Crippen LogP contribution in [0.3, 0.4) is 0 Å². The number of hydrogen-bond acceptors (Lipinski definition) is 3. The van der Waals surface area contributed by atoms with Gasteiger partial charge in [-0.3, -0.25) is 0 Å². The second kappa shape index (κ2) is 5.98. The van der Waals surface area contributed by atoms with Crippen LogP contribution in [0.2, 0.25) is 0 Å². The maximum atomic E-state index is 6.26. The van der Waals surface area contributed by atoms with Gasteiger partial charge >= 0.3 is 0 Å². The first-order chi connectivity index (χ1) is 10.1. The van der Waals surface area contributed by atoms with E-state index in [1.165, 1.54) is 50.1 Å². The van der Waals surface area contributed by atoms with Crippen LogP contribution < -0.4 is 10.6 Å². The van der Waals surface area contributed by atoms with Gasteiger partial charge in [0, 0.05) is 38.4 Å². The summed E-state index contributed by atoms with van der Waals surface area (Å²) in [5, 5.41) is 0. The van der Waals surface area contributed by atoms with Gasteiger partial charge in [0.25, 0.3) is 0 Å². The molecule has 2 N–H and O–H groups in total. The van der Waals surface area contributed by atoms with Crippen LogP contribution in [-0.2, 0) is 6.42 Å². The molecule has 0 atom stereocenters. The van der Waals surface area contributed by atoms with E-state index in [9.17, 15) is 0 Å². The van der Waals surface area contributed by atoms with Crippen molar-refractivity contribution in [2.45, 2.75) is 38.6 Å². The minimum Gasteiger partial charge on any atom is -0.364 e. The fraction of sp³-hybridized carbons (Fsp3) is 0.667. The molecule has 116 valence electrons. The van der Waals surface area contributed by atoms with Crippen LogP contribution in [0.15, 0.2) is 24.3 Å². The molecule has 3 heteroatoms. The molecule has 0 spiro atoms. The molecule has 1 saturated heterocycles. The molecule has 0 bridgehead atoms. The van der Waals surface area contributed by atoms with Gasteiger partial charge in [-0.05, 0) is 36.8 Å². The van der Waals surface area contributed by atoms with Crippen molar-refractivity contribution in [1.29, 1.82) is 0 Å². The standard InChI is InChI=1S/C18H29N3/c1-15(2)13-20-11-8-18(14-19,9-12-20)21-10-7-16-5-3-4-6-17(16)21/h3-6,15H,7-14,19H2,1-2H3. The Morgan fingerprint density at radius 1 is 1.14 bits per heavy atom. The lowest BCUT2D eigenvalue weighted by molar-refractivity contribution is 0.146. The van der Waals surface area contributed by atoms with Crippen molar-refractivity contribution in [1.82, 2.24) is 4.90 Å². The third-order valence-electron chi connectivity index (χ3n) is 5.25. The molecule has 2 aliphatic heterocycles. The Morgan fingerprint density at radius 2 is 1.86 bits per heavy atom. The first-order valence-electron chi connectivity index (χ1n) is 8.42. The zero-order chi connectivity index (χ0) is 14.9. The largest absolute Gasteiger partial charge is 0.364 e. The fourth-order valence-electron chi connectivity index (χ4n) is 4.08. The monoisotopic (exact) mass is 287 g/mol. The molecule has 0 unspecified atom stereocenters. The van der Waals surface area contributed by atoms with Gasteiger partial charge in [0.05, 0.1) is 5.54 Å². The van der Waals surface area contributed by atoms with Crippen molar-refractivity contribution in [3.63, 3.8) is 0 Å². The van der Waals surface area contributed by atoms with Gasteiger partial charge in [0.15, 0.2) is 0 Å². The summed E-state index contributed by atoms with van der Waals surface area (Å²) >= 11 is 0. The highest BCUT2D eigenvalue weighted by atomic mass is 15.3. The number of hydrogen-bond donors (Lipinski definition) is 1. The summed E-state index contributed by atoms with van der Waals surface area (Å²) in [6.07, 6.45) is 3.57. The van der Waals surface area contributed by atoms with Gasteiger partial charge in [-0.1, -0.05) is 32.0 Å². The molecular formula is C18H29N3. The van der Waals surface area contributed by atoms with Crippen molar-refractivity contribution in [2.24, 2.45) is 11.7 Å². The SMILES string of the molecule is CC(C)CN1CCC(CN)(N2CCc3ccccc32)CC1. The Labute approximate surface area is 129 Å². The molecule has 21 heavy (non-hydrogen) atoms. The summed E-state index contributed by atoms with van der Waals surface area (Å²) in [7, 11) is 0. The highest BCUT2D eigenvalue weighted by Crippen LogP contribution is 2.38. The predicted molar refractivity (Wildman–Crippen MR) is 89.8 cm³/mol. The summed E-state index contributed by atoms with van der Waals surface area (Å²) in [5.41, 5.74) is 9.37. The van der Waals surface area contributed by atoms with Gasteiger partial charge in [0.1, 0.15) is 0 Å². The summed E-state index contributed by atoms with van der Waals surface area (Å²) in [5.74, 6) is 0.753. The van der Waals surface area contributed by atoms with Crippen molar-refractivity contribution < 1.29 is 0 Å². The van der Waals surface area contributed by atoms with Crippen molar-refractivity contribution in [3.05, 3.63) is 29.8 Å². The van der Waals surface area contributed by atoms with Crippen LogP contribution in [0.1, 0.15) is 32.3 Å². The summed E-state index contributed by atoms with van der Waals surface area (Å²) in [4.78, 5) is 5.23. The zero-order valence-electron chi connectivity index (χ0n) is 13.5. The lowest BCUT2D eigenvalue weighted by atomic mass is 9.85. The quantitative estimate of drug-likeness (QED) is 0.923. The van der Waals surface area contributed by atoms with Gasteiger partial charge in [-0.25, -0.2) is 0 Å². The van der Waals surface area contributed by atoms with E-state index in [2.05, 4.69) is 47.9 Å². The van der Waals surface area contributed by atoms with Crippen molar-refractivity contribution >= 4 is 5.69 Å². The van der Waals surface area contributed by atoms with E-state index < -0.39 is 0 Å². The molecule has 0 amide bonds. The van der Waals surface area contributed by atoms with Crippen molar-refractivity contribution in [2.75, 3.05) is 37.6 Å². The first kappa shape index (κ1) is 14.9. The molecule has 0 aliphatic carbocycles. The number of likely N-dealkylation sites (tertiary alicyclic amines) is 1. The molecule has 3 nitrogen and oxygen atoms in total. The zero-order valence-corrected chi connectivity index (χ0v) is 13.5. The molecule has 0 saturated carbocycles. The molecule has 2 heterocycles. The summed E-state index contributed by atoms with van der Waals surface area (Å²) in [6.45, 7) is 10.1. The predicted octanol–water partition coefficient (Wildman–Crippen LogP) is 2.50. The molecular weight excluding hydrogens is 258 g/mol. The fourth-order valence-corrected chi connectivity index (χ4v) is 4.08. The van der Waals surface area contributed by atoms with E-state index in [0.717, 1.165) is 19.0 Å². The molecule has 0 radical (unpaired) electrons. The van der Waals surface area contributed by atoms with E-state index in [-0.39, 0.29) is 5.54 Å². The minimum atomic E-state index is 0.181. The van der Waals surface area contributed by atoms with E-state index in [1.54, 1.807) is 0 Å². The normalized spacial score (nSPS) is 21.8. The second-order valence-electron chi connectivity index (χ2n) is 7.15. The number of nitrogens with two attached hydrogens (primary N) is 1. The lowest BCUT2D eigenvalue weighted by Crippen LogP contribution is -2.59. The smallest absolute Gasteiger partial charge is 0.0548 e. The van der Waals surface area contributed by atoms with Gasteiger partial charge in [-0.2, -0.15) is 0 Å². The van der Waals surface area contributed by atoms with Crippen LogP contribution in [0.5, 0.6) is 0 Å². The second-order valence-corrected chi connectivity index (χ2v) is 7.15.